The minimum Gasteiger partial charge on any atom is -0.481 e. The van der Waals surface area contributed by atoms with Crippen LogP contribution in [0.4, 0.5) is 4.79 Å². The molecule has 1 aromatic rings. The van der Waals surface area contributed by atoms with Crippen LogP contribution >= 0.6 is 15.9 Å². The first-order valence-corrected chi connectivity index (χ1v) is 9.10. The number of imide groups is 1. The fourth-order valence-electron chi connectivity index (χ4n) is 3.19. The van der Waals surface area contributed by atoms with Gasteiger partial charge in [0.2, 0.25) is 0 Å². The molecule has 25 heavy (non-hydrogen) atoms. The Morgan fingerprint density at radius 3 is 2.52 bits per heavy atom. The van der Waals surface area contributed by atoms with Gasteiger partial charge in [-0.2, -0.15) is 5.01 Å². The number of ether oxygens (including phenoxy) is 1. The molecule has 0 radical (unpaired) electrons. The van der Waals surface area contributed by atoms with E-state index in [1.807, 2.05) is 0 Å². The lowest BCUT2D eigenvalue weighted by atomic mass is 9.82. The summed E-state index contributed by atoms with van der Waals surface area (Å²) in [7, 11) is 0. The van der Waals surface area contributed by atoms with Gasteiger partial charge in [0.05, 0.1) is 0 Å². The number of carbonyl (C=O) groups is 3. The van der Waals surface area contributed by atoms with Crippen LogP contribution < -0.4 is 15.5 Å². The molecular weight excluding hydrogens is 390 g/mol. The summed E-state index contributed by atoms with van der Waals surface area (Å²) in [5.41, 5.74) is 1.52. The molecule has 1 aromatic carbocycles. The average molecular weight is 410 g/mol. The van der Waals surface area contributed by atoms with Crippen LogP contribution in [0, 0.1) is 0 Å². The summed E-state index contributed by atoms with van der Waals surface area (Å²) < 4.78 is 6.44. The highest BCUT2D eigenvalue weighted by Gasteiger charge is 2.52. The van der Waals surface area contributed by atoms with Crippen molar-refractivity contribution in [1.82, 2.24) is 15.8 Å². The van der Waals surface area contributed by atoms with E-state index < -0.39 is 23.6 Å². The molecule has 2 aliphatic rings. The molecule has 8 heteroatoms. The van der Waals surface area contributed by atoms with Crippen molar-refractivity contribution < 1.29 is 19.1 Å². The molecule has 7 nitrogen and oxygen atoms in total. The Kier molecular flexibility index (Phi) is 4.99. The summed E-state index contributed by atoms with van der Waals surface area (Å²) in [6.07, 6.45) is 3.18. The van der Waals surface area contributed by atoms with Gasteiger partial charge in [-0.25, -0.2) is 4.79 Å². The van der Waals surface area contributed by atoms with Crippen LogP contribution in [0.25, 0.3) is 0 Å². The maximum atomic E-state index is 12.6. The molecule has 0 bridgehead atoms. The van der Waals surface area contributed by atoms with Crippen molar-refractivity contribution in [2.24, 2.45) is 0 Å². The standard InChI is InChI=1S/C17H20BrN3O4/c1-11(25-13-7-5-12(18)6-8-13)14(22)20-21-15(23)17(19-16(21)24)9-3-2-4-10-17/h5-8,11H,2-4,9-10H2,1H3,(H,19,24)(H,20,22). The van der Waals surface area contributed by atoms with E-state index in [0.29, 0.717) is 18.6 Å². The third-order valence-corrected chi connectivity index (χ3v) is 5.12. The van der Waals surface area contributed by atoms with E-state index in [-0.39, 0.29) is 5.91 Å². The Bertz CT molecular complexity index is 686. The zero-order valence-electron chi connectivity index (χ0n) is 13.9. The van der Waals surface area contributed by atoms with Crippen LogP contribution in [0.15, 0.2) is 28.7 Å². The maximum absolute atomic E-state index is 12.6. The second-order valence-electron chi connectivity index (χ2n) is 6.40. The predicted molar refractivity (Wildman–Crippen MR) is 93.6 cm³/mol. The number of hydrogen-bond acceptors (Lipinski definition) is 4. The Labute approximate surface area is 154 Å². The fourth-order valence-corrected chi connectivity index (χ4v) is 3.45. The van der Waals surface area contributed by atoms with Crippen molar-refractivity contribution in [2.75, 3.05) is 0 Å². The Morgan fingerprint density at radius 1 is 1.24 bits per heavy atom. The fraction of sp³-hybridized carbons (Fsp3) is 0.471. The summed E-state index contributed by atoms with van der Waals surface area (Å²) in [4.78, 5) is 37.1. The van der Waals surface area contributed by atoms with Crippen molar-refractivity contribution in [3.63, 3.8) is 0 Å². The molecule has 1 saturated heterocycles. The monoisotopic (exact) mass is 409 g/mol. The van der Waals surface area contributed by atoms with E-state index in [0.717, 1.165) is 28.7 Å². The van der Waals surface area contributed by atoms with Crippen LogP contribution in [0.5, 0.6) is 5.75 Å². The third kappa shape index (κ3) is 3.63. The SMILES string of the molecule is CC(Oc1ccc(Br)cc1)C(=O)NN1C(=O)NC2(CCCCC2)C1=O. The predicted octanol–water partition coefficient (Wildman–Crippen LogP) is 2.50. The number of rotatable bonds is 4. The smallest absolute Gasteiger partial charge is 0.344 e. The average Bonchev–Trinajstić information content (AvgIpc) is 2.81. The Morgan fingerprint density at radius 2 is 1.88 bits per heavy atom. The number of halogens is 1. The number of hydrazine groups is 1. The van der Waals surface area contributed by atoms with Gasteiger partial charge in [0.25, 0.3) is 11.8 Å². The number of amides is 4. The summed E-state index contributed by atoms with van der Waals surface area (Å²) in [5, 5.41) is 3.53. The minimum absolute atomic E-state index is 0.388. The summed E-state index contributed by atoms with van der Waals surface area (Å²) in [5.74, 6) is -0.424. The third-order valence-electron chi connectivity index (χ3n) is 4.59. The second-order valence-corrected chi connectivity index (χ2v) is 7.32. The number of benzene rings is 1. The lowest BCUT2D eigenvalue weighted by Crippen LogP contribution is -2.53. The van der Waals surface area contributed by atoms with Gasteiger partial charge < -0.3 is 10.1 Å². The van der Waals surface area contributed by atoms with E-state index >= 15 is 0 Å². The molecule has 3 rings (SSSR count). The summed E-state index contributed by atoms with van der Waals surface area (Å²) >= 11 is 3.32. The van der Waals surface area contributed by atoms with Gasteiger partial charge in [-0.05, 0) is 44.0 Å². The molecule has 1 spiro atoms. The first-order chi connectivity index (χ1) is 11.9. The molecule has 0 aromatic heterocycles. The molecule has 1 aliphatic carbocycles. The van der Waals surface area contributed by atoms with Crippen LogP contribution in [0.1, 0.15) is 39.0 Å². The lowest BCUT2D eigenvalue weighted by molar-refractivity contribution is -0.142. The van der Waals surface area contributed by atoms with Crippen molar-refractivity contribution >= 4 is 33.8 Å². The largest absolute Gasteiger partial charge is 0.481 e. The van der Waals surface area contributed by atoms with Gasteiger partial charge in [0, 0.05) is 4.47 Å². The summed E-state index contributed by atoms with van der Waals surface area (Å²) in [6.45, 7) is 1.56. The van der Waals surface area contributed by atoms with Crippen molar-refractivity contribution in [3.8, 4) is 5.75 Å². The maximum Gasteiger partial charge on any atom is 0.344 e. The van der Waals surface area contributed by atoms with E-state index in [1.54, 1.807) is 31.2 Å². The molecule has 4 amide bonds. The van der Waals surface area contributed by atoms with Crippen molar-refractivity contribution in [2.45, 2.75) is 50.7 Å². The molecule has 1 atom stereocenters. The highest BCUT2D eigenvalue weighted by molar-refractivity contribution is 9.10. The van der Waals surface area contributed by atoms with Crippen molar-refractivity contribution in [3.05, 3.63) is 28.7 Å². The summed E-state index contributed by atoms with van der Waals surface area (Å²) in [6, 6.07) is 6.45. The van der Waals surface area contributed by atoms with Gasteiger partial charge in [-0.3, -0.25) is 15.0 Å². The van der Waals surface area contributed by atoms with E-state index in [9.17, 15) is 14.4 Å². The lowest BCUT2D eigenvalue weighted by Gasteiger charge is -2.30. The Hall–Kier alpha value is -2.09. The quantitative estimate of drug-likeness (QED) is 0.747. The van der Waals surface area contributed by atoms with Gasteiger partial charge >= 0.3 is 6.03 Å². The van der Waals surface area contributed by atoms with Gasteiger partial charge in [-0.1, -0.05) is 35.2 Å². The molecule has 1 saturated carbocycles. The zero-order valence-corrected chi connectivity index (χ0v) is 15.5. The molecule has 134 valence electrons. The van der Waals surface area contributed by atoms with Crippen LogP contribution in [0.3, 0.4) is 0 Å². The Balaban J connectivity index is 1.62. The van der Waals surface area contributed by atoms with Crippen LogP contribution in [0.2, 0.25) is 0 Å². The molecule has 2 N–H and O–H groups in total. The van der Waals surface area contributed by atoms with Gasteiger partial charge in [0.1, 0.15) is 11.3 Å². The van der Waals surface area contributed by atoms with E-state index in [4.69, 9.17) is 4.74 Å². The number of carbonyl (C=O) groups excluding carboxylic acids is 3. The van der Waals surface area contributed by atoms with E-state index in [2.05, 4.69) is 26.7 Å². The molecule has 1 aliphatic heterocycles. The van der Waals surface area contributed by atoms with E-state index in [1.165, 1.54) is 0 Å². The van der Waals surface area contributed by atoms with Gasteiger partial charge in [0.15, 0.2) is 6.10 Å². The minimum atomic E-state index is -0.863. The second kappa shape index (κ2) is 7.03. The molecule has 1 unspecified atom stereocenters. The zero-order chi connectivity index (χ0) is 18.0. The van der Waals surface area contributed by atoms with Crippen LogP contribution in [-0.2, 0) is 9.59 Å². The first kappa shape index (κ1) is 17.7. The highest BCUT2D eigenvalue weighted by atomic mass is 79.9. The van der Waals surface area contributed by atoms with Gasteiger partial charge in [-0.15, -0.1) is 0 Å². The molecular formula is C17H20BrN3O4. The topological polar surface area (TPSA) is 87.7 Å². The number of hydrogen-bond donors (Lipinski definition) is 2. The normalized spacial score (nSPS) is 20.3. The number of nitrogens with zero attached hydrogens (tertiary/aromatic N) is 1. The highest BCUT2D eigenvalue weighted by Crippen LogP contribution is 2.33. The van der Waals surface area contributed by atoms with Crippen LogP contribution in [-0.4, -0.2) is 34.5 Å². The first-order valence-electron chi connectivity index (χ1n) is 8.31. The number of nitrogens with one attached hydrogen (secondary N) is 2. The number of urea groups is 1. The molecule has 1 heterocycles. The molecule has 2 fully saturated rings. The van der Waals surface area contributed by atoms with Crippen molar-refractivity contribution in [1.29, 1.82) is 0 Å².